The lowest BCUT2D eigenvalue weighted by atomic mass is 9.98. The van der Waals surface area contributed by atoms with E-state index in [1.54, 1.807) is 31.1 Å². The van der Waals surface area contributed by atoms with Crippen molar-refractivity contribution in [1.29, 1.82) is 0 Å². The van der Waals surface area contributed by atoms with E-state index in [9.17, 15) is 14.4 Å². The predicted molar refractivity (Wildman–Crippen MR) is 101 cm³/mol. The molecule has 0 aromatic heterocycles. The summed E-state index contributed by atoms with van der Waals surface area (Å²) in [4.78, 5) is 39.0. The zero-order valence-electron chi connectivity index (χ0n) is 16.4. The van der Waals surface area contributed by atoms with E-state index in [1.807, 2.05) is 26.0 Å². The average Bonchev–Trinajstić information content (AvgIpc) is 3.07. The molecule has 1 aromatic carbocycles. The summed E-state index contributed by atoms with van der Waals surface area (Å²) in [5.74, 6) is -0.893. The van der Waals surface area contributed by atoms with Crippen molar-refractivity contribution in [2.24, 2.45) is 11.8 Å². The maximum atomic E-state index is 12.7. The monoisotopic (exact) mass is 376 g/mol. The molecule has 7 nitrogen and oxygen atoms in total. The minimum Gasteiger partial charge on any atom is -0.495 e. The van der Waals surface area contributed by atoms with Gasteiger partial charge < -0.3 is 19.7 Å². The van der Waals surface area contributed by atoms with Gasteiger partial charge in [-0.1, -0.05) is 32.4 Å². The van der Waals surface area contributed by atoms with Crippen molar-refractivity contribution in [2.75, 3.05) is 25.2 Å². The Hall–Kier alpha value is -2.57. The second-order valence-electron chi connectivity index (χ2n) is 6.70. The van der Waals surface area contributed by atoms with E-state index in [2.05, 4.69) is 5.32 Å². The standard InChI is InChI=1S/C20H28N2O5/c1-5-13(3)18(20(25)27-6-2)21-19(24)14-11-17(23)22(12-14)15-9-7-8-10-16(15)26-4/h7-10,13-14,18H,5-6,11-12H2,1-4H3,(H,21,24). The number of anilines is 1. The quantitative estimate of drug-likeness (QED) is 0.703. The van der Waals surface area contributed by atoms with Crippen molar-refractivity contribution in [3.05, 3.63) is 24.3 Å². The highest BCUT2D eigenvalue weighted by molar-refractivity contribution is 6.01. The molecular weight excluding hydrogens is 348 g/mol. The molecule has 2 rings (SSSR count). The van der Waals surface area contributed by atoms with Crippen molar-refractivity contribution < 1.29 is 23.9 Å². The molecule has 1 fully saturated rings. The van der Waals surface area contributed by atoms with E-state index < -0.39 is 17.9 Å². The molecule has 2 amide bonds. The fourth-order valence-electron chi connectivity index (χ4n) is 3.14. The molecule has 1 aromatic rings. The molecule has 0 bridgehead atoms. The zero-order valence-corrected chi connectivity index (χ0v) is 16.4. The van der Waals surface area contributed by atoms with Gasteiger partial charge in [-0.25, -0.2) is 4.79 Å². The third kappa shape index (κ3) is 4.78. The van der Waals surface area contributed by atoms with Crippen molar-refractivity contribution in [2.45, 2.75) is 39.7 Å². The Labute approximate surface area is 160 Å². The number of nitrogens with zero attached hydrogens (tertiary/aromatic N) is 1. The second kappa shape index (κ2) is 9.39. The third-order valence-electron chi connectivity index (χ3n) is 4.92. The number of hydrogen-bond acceptors (Lipinski definition) is 5. The minimum absolute atomic E-state index is 0.0598. The molecule has 1 aliphatic rings. The number of rotatable bonds is 8. The summed E-state index contributed by atoms with van der Waals surface area (Å²) >= 11 is 0. The molecule has 0 saturated carbocycles. The van der Waals surface area contributed by atoms with Gasteiger partial charge in [-0.2, -0.15) is 0 Å². The summed E-state index contributed by atoms with van der Waals surface area (Å²) in [7, 11) is 1.54. The van der Waals surface area contributed by atoms with Crippen molar-refractivity contribution >= 4 is 23.5 Å². The maximum Gasteiger partial charge on any atom is 0.328 e. The van der Waals surface area contributed by atoms with E-state index in [1.165, 1.54) is 0 Å². The second-order valence-corrected chi connectivity index (χ2v) is 6.70. The van der Waals surface area contributed by atoms with E-state index in [4.69, 9.17) is 9.47 Å². The normalized spacial score (nSPS) is 18.7. The highest BCUT2D eigenvalue weighted by Gasteiger charge is 2.38. The molecule has 0 radical (unpaired) electrons. The van der Waals surface area contributed by atoms with E-state index in [0.717, 1.165) is 6.42 Å². The van der Waals surface area contributed by atoms with Crippen molar-refractivity contribution in [1.82, 2.24) is 5.32 Å². The van der Waals surface area contributed by atoms with Crippen LogP contribution in [0.1, 0.15) is 33.6 Å². The van der Waals surface area contributed by atoms with Gasteiger partial charge in [0.05, 0.1) is 25.3 Å². The van der Waals surface area contributed by atoms with Crippen molar-refractivity contribution in [3.8, 4) is 5.75 Å². The largest absolute Gasteiger partial charge is 0.495 e. The number of ether oxygens (including phenoxy) is 2. The first kappa shape index (κ1) is 20.7. The fourth-order valence-corrected chi connectivity index (χ4v) is 3.14. The van der Waals surface area contributed by atoms with Gasteiger partial charge in [-0.05, 0) is 25.0 Å². The molecule has 148 valence electrons. The van der Waals surface area contributed by atoms with Gasteiger partial charge in [0.15, 0.2) is 0 Å². The van der Waals surface area contributed by atoms with Gasteiger partial charge in [-0.3, -0.25) is 9.59 Å². The highest BCUT2D eigenvalue weighted by atomic mass is 16.5. The third-order valence-corrected chi connectivity index (χ3v) is 4.92. The van der Waals surface area contributed by atoms with E-state index in [0.29, 0.717) is 11.4 Å². The van der Waals surface area contributed by atoms with Gasteiger partial charge in [0.1, 0.15) is 11.8 Å². The van der Waals surface area contributed by atoms with Gasteiger partial charge in [0, 0.05) is 13.0 Å². The number of benzene rings is 1. The molecule has 0 aliphatic carbocycles. The maximum absolute atomic E-state index is 12.7. The lowest BCUT2D eigenvalue weighted by molar-refractivity contribution is -0.149. The van der Waals surface area contributed by atoms with Crippen LogP contribution in [0.3, 0.4) is 0 Å². The number of amides is 2. The van der Waals surface area contributed by atoms with E-state index in [-0.39, 0.29) is 37.3 Å². The highest BCUT2D eigenvalue weighted by Crippen LogP contribution is 2.32. The topological polar surface area (TPSA) is 84.9 Å². The summed E-state index contributed by atoms with van der Waals surface area (Å²) in [6.45, 7) is 6.08. The van der Waals surface area contributed by atoms with Crippen LogP contribution in [0.2, 0.25) is 0 Å². The molecule has 1 aliphatic heterocycles. The van der Waals surface area contributed by atoms with Crippen LogP contribution in [0.5, 0.6) is 5.75 Å². The van der Waals surface area contributed by atoms with Crippen LogP contribution in [0, 0.1) is 11.8 Å². The van der Waals surface area contributed by atoms with Crippen LogP contribution >= 0.6 is 0 Å². The molecule has 27 heavy (non-hydrogen) atoms. The summed E-state index contributed by atoms with van der Waals surface area (Å²) < 4.78 is 10.4. The molecule has 7 heteroatoms. The molecule has 3 unspecified atom stereocenters. The molecule has 1 N–H and O–H groups in total. The van der Waals surface area contributed by atoms with E-state index >= 15 is 0 Å². The molecule has 1 saturated heterocycles. The number of methoxy groups -OCH3 is 1. The number of nitrogens with one attached hydrogen (secondary N) is 1. The Morgan fingerprint density at radius 2 is 2.00 bits per heavy atom. The number of carbonyl (C=O) groups excluding carboxylic acids is 3. The summed E-state index contributed by atoms with van der Waals surface area (Å²) in [6.07, 6.45) is 0.820. The number of esters is 1. The van der Waals surface area contributed by atoms with Crippen LogP contribution in [0.25, 0.3) is 0 Å². The van der Waals surface area contributed by atoms with Gasteiger partial charge >= 0.3 is 5.97 Å². The molecular formula is C20H28N2O5. The SMILES string of the molecule is CCOC(=O)C(NC(=O)C1CC(=O)N(c2ccccc2OC)C1)C(C)CC. The van der Waals surface area contributed by atoms with Crippen LogP contribution in [-0.4, -0.2) is 44.1 Å². The van der Waals surface area contributed by atoms with Crippen LogP contribution in [0.15, 0.2) is 24.3 Å². The first-order valence-electron chi connectivity index (χ1n) is 9.33. The number of carbonyl (C=O) groups is 3. The lowest BCUT2D eigenvalue weighted by Gasteiger charge is -2.24. The van der Waals surface area contributed by atoms with Gasteiger partial charge in [0.2, 0.25) is 11.8 Å². The summed E-state index contributed by atoms with van der Waals surface area (Å²) in [6, 6.07) is 6.49. The van der Waals surface area contributed by atoms with Gasteiger partial charge in [0.25, 0.3) is 0 Å². The first-order chi connectivity index (χ1) is 12.9. The number of hydrogen-bond donors (Lipinski definition) is 1. The van der Waals surface area contributed by atoms with Crippen molar-refractivity contribution in [3.63, 3.8) is 0 Å². The van der Waals surface area contributed by atoms with Gasteiger partial charge in [-0.15, -0.1) is 0 Å². The Kier molecular flexibility index (Phi) is 7.21. The fraction of sp³-hybridized carbons (Fsp3) is 0.550. The van der Waals surface area contributed by atoms with Crippen LogP contribution < -0.4 is 15.0 Å². The lowest BCUT2D eigenvalue weighted by Crippen LogP contribution is -2.48. The zero-order chi connectivity index (χ0) is 20.0. The molecule has 0 spiro atoms. The molecule has 1 heterocycles. The minimum atomic E-state index is -0.710. The van der Waals surface area contributed by atoms with Crippen LogP contribution in [-0.2, 0) is 19.1 Å². The smallest absolute Gasteiger partial charge is 0.328 e. The predicted octanol–water partition coefficient (Wildman–Crippen LogP) is 2.14. The molecule has 3 atom stereocenters. The Morgan fingerprint density at radius 1 is 1.30 bits per heavy atom. The summed E-state index contributed by atoms with van der Waals surface area (Å²) in [5, 5.41) is 2.79. The Bertz CT molecular complexity index is 691. The summed E-state index contributed by atoms with van der Waals surface area (Å²) in [5.41, 5.74) is 0.643. The van der Waals surface area contributed by atoms with Crippen LogP contribution in [0.4, 0.5) is 5.69 Å². The number of para-hydroxylation sites is 2. The average molecular weight is 376 g/mol. The first-order valence-corrected chi connectivity index (χ1v) is 9.33. The Morgan fingerprint density at radius 3 is 2.63 bits per heavy atom. The Balaban J connectivity index is 2.11.